The van der Waals surface area contributed by atoms with Gasteiger partial charge in [0.1, 0.15) is 5.82 Å². The maximum Gasteiger partial charge on any atom is 0.123 e. The van der Waals surface area contributed by atoms with Gasteiger partial charge in [-0.25, -0.2) is 4.39 Å². The van der Waals surface area contributed by atoms with Crippen molar-refractivity contribution in [1.82, 2.24) is 9.78 Å². The topological polar surface area (TPSA) is 43.8 Å². The van der Waals surface area contributed by atoms with Crippen molar-refractivity contribution in [3.05, 3.63) is 59.0 Å². The minimum absolute atomic E-state index is 0.224. The molecule has 1 heterocycles. The Morgan fingerprint density at radius 2 is 1.90 bits per heavy atom. The van der Waals surface area contributed by atoms with Gasteiger partial charge < -0.3 is 5.73 Å². The molecule has 0 saturated carbocycles. The van der Waals surface area contributed by atoms with Gasteiger partial charge in [0.2, 0.25) is 0 Å². The first-order valence-corrected chi connectivity index (χ1v) is 6.52. The molecule has 20 heavy (non-hydrogen) atoms. The minimum atomic E-state index is -0.224. The average Bonchev–Trinajstić information content (AvgIpc) is 2.81. The van der Waals surface area contributed by atoms with Crippen LogP contribution >= 0.6 is 0 Å². The van der Waals surface area contributed by atoms with E-state index < -0.39 is 0 Å². The van der Waals surface area contributed by atoms with Crippen LogP contribution in [0.2, 0.25) is 0 Å². The van der Waals surface area contributed by atoms with Gasteiger partial charge in [-0.1, -0.05) is 12.1 Å². The molecule has 3 nitrogen and oxygen atoms in total. The summed E-state index contributed by atoms with van der Waals surface area (Å²) in [6.45, 7) is 4.60. The Morgan fingerprint density at radius 3 is 2.60 bits per heavy atom. The third kappa shape index (κ3) is 2.13. The third-order valence-electron chi connectivity index (χ3n) is 3.60. The van der Waals surface area contributed by atoms with Crippen LogP contribution in [0.15, 0.2) is 36.5 Å². The summed E-state index contributed by atoms with van der Waals surface area (Å²) in [7, 11) is 0. The summed E-state index contributed by atoms with van der Waals surface area (Å²) in [5, 5.41) is 5.65. The SMILES string of the molecule is Cc1cc2cn(Cc3ccc(F)cc3)nc2c(C)c1N. The van der Waals surface area contributed by atoms with Gasteiger partial charge in [-0.3, -0.25) is 4.68 Å². The van der Waals surface area contributed by atoms with Gasteiger partial charge in [0, 0.05) is 22.8 Å². The normalized spacial score (nSPS) is 11.2. The minimum Gasteiger partial charge on any atom is -0.398 e. The monoisotopic (exact) mass is 269 g/mol. The first-order chi connectivity index (χ1) is 9.54. The standard InChI is InChI=1S/C16H16FN3/c1-10-7-13-9-20(19-16(13)11(2)15(10)18)8-12-3-5-14(17)6-4-12/h3-7,9H,8,18H2,1-2H3. The number of hydrogen-bond acceptors (Lipinski definition) is 2. The highest BCUT2D eigenvalue weighted by molar-refractivity contribution is 5.87. The molecule has 0 atom stereocenters. The number of aromatic nitrogens is 2. The van der Waals surface area contributed by atoms with E-state index in [1.165, 1.54) is 12.1 Å². The van der Waals surface area contributed by atoms with Gasteiger partial charge in [-0.2, -0.15) is 5.10 Å². The Morgan fingerprint density at radius 1 is 1.20 bits per heavy atom. The van der Waals surface area contributed by atoms with Crippen molar-refractivity contribution in [3.8, 4) is 0 Å². The zero-order valence-corrected chi connectivity index (χ0v) is 11.5. The van der Waals surface area contributed by atoms with Crippen LogP contribution in [-0.2, 0) is 6.54 Å². The number of rotatable bonds is 2. The van der Waals surface area contributed by atoms with Gasteiger partial charge in [-0.05, 0) is 43.2 Å². The van der Waals surface area contributed by atoms with E-state index in [-0.39, 0.29) is 5.82 Å². The molecule has 2 aromatic carbocycles. The molecule has 1 aromatic heterocycles. The molecule has 0 fully saturated rings. The maximum atomic E-state index is 12.9. The van der Waals surface area contributed by atoms with Crippen LogP contribution in [-0.4, -0.2) is 9.78 Å². The molecular weight excluding hydrogens is 253 g/mol. The van der Waals surface area contributed by atoms with Crippen molar-refractivity contribution < 1.29 is 4.39 Å². The molecule has 0 aliphatic rings. The van der Waals surface area contributed by atoms with E-state index in [0.717, 1.165) is 33.3 Å². The molecule has 102 valence electrons. The second-order valence-corrected chi connectivity index (χ2v) is 5.12. The van der Waals surface area contributed by atoms with Crippen LogP contribution in [0.3, 0.4) is 0 Å². The molecule has 0 aliphatic heterocycles. The van der Waals surface area contributed by atoms with E-state index >= 15 is 0 Å². The van der Waals surface area contributed by atoms with Crippen LogP contribution in [0, 0.1) is 19.7 Å². The molecular formula is C16H16FN3. The summed E-state index contributed by atoms with van der Waals surface area (Å²) in [5.74, 6) is -0.224. The number of halogens is 1. The Balaban J connectivity index is 2.01. The van der Waals surface area contributed by atoms with Crippen LogP contribution < -0.4 is 5.73 Å². The van der Waals surface area contributed by atoms with E-state index in [0.29, 0.717) is 6.54 Å². The fourth-order valence-electron chi connectivity index (χ4n) is 2.43. The number of anilines is 1. The number of nitrogens with zero attached hydrogens (tertiary/aromatic N) is 2. The first kappa shape index (κ1) is 12.7. The summed E-state index contributed by atoms with van der Waals surface area (Å²) in [5.41, 5.74) is 10.9. The van der Waals surface area contributed by atoms with Gasteiger partial charge in [-0.15, -0.1) is 0 Å². The summed E-state index contributed by atoms with van der Waals surface area (Å²) < 4.78 is 14.8. The molecule has 0 radical (unpaired) electrons. The fourth-order valence-corrected chi connectivity index (χ4v) is 2.43. The van der Waals surface area contributed by atoms with Gasteiger partial charge in [0.05, 0.1) is 12.1 Å². The van der Waals surface area contributed by atoms with Crippen LogP contribution in [0.4, 0.5) is 10.1 Å². The summed E-state index contributed by atoms with van der Waals surface area (Å²) >= 11 is 0. The summed E-state index contributed by atoms with van der Waals surface area (Å²) in [6, 6.07) is 8.52. The highest BCUT2D eigenvalue weighted by Crippen LogP contribution is 2.26. The smallest absolute Gasteiger partial charge is 0.123 e. The fraction of sp³-hybridized carbons (Fsp3) is 0.188. The lowest BCUT2D eigenvalue weighted by Gasteiger charge is -2.04. The van der Waals surface area contributed by atoms with E-state index in [1.807, 2.05) is 30.8 Å². The zero-order chi connectivity index (χ0) is 14.3. The molecule has 3 aromatic rings. The van der Waals surface area contributed by atoms with Crippen molar-refractivity contribution >= 4 is 16.6 Å². The Labute approximate surface area is 116 Å². The molecule has 0 aliphatic carbocycles. The highest BCUT2D eigenvalue weighted by Gasteiger charge is 2.09. The van der Waals surface area contributed by atoms with Crippen molar-refractivity contribution in [3.63, 3.8) is 0 Å². The molecule has 0 spiro atoms. The predicted octanol–water partition coefficient (Wildman–Crippen LogP) is 3.42. The average molecular weight is 269 g/mol. The second kappa shape index (κ2) is 4.63. The van der Waals surface area contributed by atoms with Crippen molar-refractivity contribution in [2.24, 2.45) is 0 Å². The lowest BCUT2D eigenvalue weighted by atomic mass is 10.1. The Bertz CT molecular complexity index is 773. The molecule has 0 amide bonds. The van der Waals surface area contributed by atoms with Crippen LogP contribution in [0.25, 0.3) is 10.9 Å². The van der Waals surface area contributed by atoms with Crippen molar-refractivity contribution in [2.75, 3.05) is 5.73 Å². The van der Waals surface area contributed by atoms with Crippen molar-refractivity contribution in [2.45, 2.75) is 20.4 Å². The number of nitrogen functional groups attached to an aromatic ring is 1. The van der Waals surface area contributed by atoms with E-state index in [2.05, 4.69) is 5.10 Å². The quantitative estimate of drug-likeness (QED) is 0.724. The second-order valence-electron chi connectivity index (χ2n) is 5.12. The lowest BCUT2D eigenvalue weighted by Crippen LogP contribution is -2.00. The molecule has 0 unspecified atom stereocenters. The summed E-state index contributed by atoms with van der Waals surface area (Å²) in [6.07, 6.45) is 2.00. The highest BCUT2D eigenvalue weighted by atomic mass is 19.1. The molecule has 2 N–H and O–H groups in total. The van der Waals surface area contributed by atoms with E-state index in [1.54, 1.807) is 12.1 Å². The number of benzene rings is 2. The van der Waals surface area contributed by atoms with E-state index in [4.69, 9.17) is 5.73 Å². The zero-order valence-electron chi connectivity index (χ0n) is 11.5. The van der Waals surface area contributed by atoms with Crippen molar-refractivity contribution in [1.29, 1.82) is 0 Å². The van der Waals surface area contributed by atoms with Gasteiger partial charge in [0.25, 0.3) is 0 Å². The van der Waals surface area contributed by atoms with Gasteiger partial charge in [0.15, 0.2) is 0 Å². The maximum absolute atomic E-state index is 12.9. The lowest BCUT2D eigenvalue weighted by molar-refractivity contribution is 0.624. The van der Waals surface area contributed by atoms with Crippen LogP contribution in [0.5, 0.6) is 0 Å². The number of hydrogen-bond donors (Lipinski definition) is 1. The molecule has 0 bridgehead atoms. The predicted molar refractivity (Wildman–Crippen MR) is 79.1 cm³/mol. The number of fused-ring (bicyclic) bond motifs is 1. The number of aryl methyl sites for hydroxylation is 2. The Hall–Kier alpha value is -2.36. The summed E-state index contributed by atoms with van der Waals surface area (Å²) in [4.78, 5) is 0. The largest absolute Gasteiger partial charge is 0.398 e. The Kier molecular flexibility index (Phi) is 2.93. The third-order valence-corrected chi connectivity index (χ3v) is 3.60. The first-order valence-electron chi connectivity index (χ1n) is 6.52. The molecule has 4 heteroatoms. The number of nitrogens with two attached hydrogens (primary N) is 1. The van der Waals surface area contributed by atoms with Gasteiger partial charge >= 0.3 is 0 Å². The van der Waals surface area contributed by atoms with E-state index in [9.17, 15) is 4.39 Å². The molecule has 3 rings (SSSR count). The molecule has 0 saturated heterocycles. The van der Waals surface area contributed by atoms with Crippen LogP contribution in [0.1, 0.15) is 16.7 Å².